The zero-order chi connectivity index (χ0) is 37.4. The van der Waals surface area contributed by atoms with Crippen LogP contribution in [0, 0.1) is 0 Å². The average Bonchev–Trinajstić information content (AvgIpc) is 3.83. The number of fused-ring (bicyclic) bond motifs is 2. The number of nitrogen functional groups attached to an aromatic ring is 1. The highest BCUT2D eigenvalue weighted by atomic mass is 16.6. The summed E-state index contributed by atoms with van der Waals surface area (Å²) in [6.07, 6.45) is 12.2. The van der Waals surface area contributed by atoms with Crippen LogP contribution in [0.1, 0.15) is 37.7 Å². The van der Waals surface area contributed by atoms with Gasteiger partial charge in [0.05, 0.1) is 58.2 Å². The van der Waals surface area contributed by atoms with Gasteiger partial charge in [0.15, 0.2) is 5.65 Å². The lowest BCUT2D eigenvalue weighted by Gasteiger charge is -2.34. The molecule has 17 nitrogen and oxygen atoms in total. The largest absolute Gasteiger partial charge is 0.383 e. The Hall–Kier alpha value is -4.65. The number of pyridine rings is 1. The van der Waals surface area contributed by atoms with Crippen LogP contribution < -0.4 is 16.4 Å². The summed E-state index contributed by atoms with van der Waals surface area (Å²) in [5, 5.41) is 6.55. The van der Waals surface area contributed by atoms with Crippen molar-refractivity contribution in [1.82, 2.24) is 44.6 Å². The third-order valence-electron chi connectivity index (χ3n) is 9.33. The first-order chi connectivity index (χ1) is 26.6. The molecule has 0 bridgehead atoms. The number of ether oxygens (including phenoxy) is 4. The molecule has 0 spiro atoms. The molecule has 6 rings (SSSR count). The molecular weight excluding hydrogens is 692 g/mol. The normalized spacial score (nSPS) is 13.8. The number of aromatic amines is 1. The van der Waals surface area contributed by atoms with E-state index in [1.54, 1.807) is 18.6 Å². The molecule has 5 aromatic rings. The maximum absolute atomic E-state index is 12.4. The molecular formula is C37H52N12O5. The van der Waals surface area contributed by atoms with Crippen molar-refractivity contribution in [3.05, 3.63) is 48.8 Å². The molecule has 0 amide bonds. The second-order valence-corrected chi connectivity index (χ2v) is 13.1. The predicted molar refractivity (Wildman–Crippen MR) is 205 cm³/mol. The summed E-state index contributed by atoms with van der Waals surface area (Å²) in [6, 6.07) is 4.00. The van der Waals surface area contributed by atoms with E-state index in [0.717, 1.165) is 85.5 Å². The first-order valence-corrected chi connectivity index (χ1v) is 18.8. The lowest BCUT2D eigenvalue weighted by molar-refractivity contribution is -0.120. The van der Waals surface area contributed by atoms with Gasteiger partial charge in [-0.2, -0.15) is 5.10 Å². The van der Waals surface area contributed by atoms with Crippen LogP contribution >= 0.6 is 0 Å². The van der Waals surface area contributed by atoms with Crippen LogP contribution in [0.3, 0.4) is 0 Å². The number of piperazine rings is 1. The minimum absolute atomic E-state index is 0.203. The highest BCUT2D eigenvalue weighted by Gasteiger charge is 2.19. The summed E-state index contributed by atoms with van der Waals surface area (Å²) in [6.45, 7) is 9.74. The number of H-pyrrole nitrogens is 1. The van der Waals surface area contributed by atoms with Crippen molar-refractivity contribution in [2.45, 2.75) is 45.2 Å². The summed E-state index contributed by atoms with van der Waals surface area (Å²) in [4.78, 5) is 42.1. The van der Waals surface area contributed by atoms with Crippen LogP contribution in [-0.4, -0.2) is 136 Å². The van der Waals surface area contributed by atoms with Crippen LogP contribution in [0.2, 0.25) is 0 Å². The number of anilines is 2. The highest BCUT2D eigenvalue weighted by molar-refractivity contribution is 5.99. The van der Waals surface area contributed by atoms with E-state index < -0.39 is 0 Å². The van der Waals surface area contributed by atoms with Gasteiger partial charge in [-0.25, -0.2) is 29.6 Å². The first-order valence-electron chi connectivity index (χ1n) is 18.8. The average molecular weight is 745 g/mol. The van der Waals surface area contributed by atoms with Gasteiger partial charge in [-0.1, -0.05) is 6.42 Å². The van der Waals surface area contributed by atoms with Crippen molar-refractivity contribution in [2.24, 2.45) is 5.73 Å². The fourth-order valence-corrected chi connectivity index (χ4v) is 6.27. The Kier molecular flexibility index (Phi) is 15.0. The van der Waals surface area contributed by atoms with Crippen LogP contribution in [0.25, 0.3) is 33.3 Å². The predicted octanol–water partition coefficient (Wildman–Crippen LogP) is 2.61. The number of hydrogen-bond donors (Lipinski definition) is 3. The van der Waals surface area contributed by atoms with Gasteiger partial charge in [-0.15, -0.1) is 0 Å². The van der Waals surface area contributed by atoms with Crippen molar-refractivity contribution >= 4 is 39.6 Å². The molecule has 1 saturated heterocycles. The van der Waals surface area contributed by atoms with Crippen molar-refractivity contribution in [3.8, 4) is 11.3 Å². The Morgan fingerprint density at radius 3 is 2.24 bits per heavy atom. The lowest BCUT2D eigenvalue weighted by Crippen LogP contribution is -2.47. The molecule has 17 heteroatoms. The van der Waals surface area contributed by atoms with Gasteiger partial charge >= 0.3 is 0 Å². The number of nitrogens with zero attached hydrogens (tertiary/aromatic N) is 9. The third kappa shape index (κ3) is 11.2. The number of aromatic nitrogens is 8. The molecule has 54 heavy (non-hydrogen) atoms. The van der Waals surface area contributed by atoms with Crippen molar-refractivity contribution in [2.75, 3.05) is 96.2 Å². The van der Waals surface area contributed by atoms with E-state index in [-0.39, 0.29) is 5.78 Å². The maximum Gasteiger partial charge on any atom is 0.225 e. The summed E-state index contributed by atoms with van der Waals surface area (Å²) in [5.41, 5.74) is 15.9. The van der Waals surface area contributed by atoms with Gasteiger partial charge in [0.2, 0.25) is 5.95 Å². The molecule has 0 atom stereocenters. The number of ketones is 1. The van der Waals surface area contributed by atoms with Crippen LogP contribution in [-0.2, 0) is 36.8 Å². The number of carbonyl (C=O) groups is 1. The van der Waals surface area contributed by atoms with Gasteiger partial charge in [-0.3, -0.25) is 9.69 Å². The minimum atomic E-state index is 0.203. The number of carbonyl (C=O) groups excluding carboxylic acids is 1. The Labute approximate surface area is 314 Å². The Bertz CT molecular complexity index is 1880. The molecule has 0 unspecified atom stereocenters. The second kappa shape index (κ2) is 20.7. The van der Waals surface area contributed by atoms with Gasteiger partial charge < -0.3 is 40.3 Å². The van der Waals surface area contributed by atoms with Gasteiger partial charge in [0.25, 0.3) is 0 Å². The molecule has 1 fully saturated rings. The van der Waals surface area contributed by atoms with E-state index in [9.17, 15) is 4.79 Å². The molecule has 1 aliphatic heterocycles. The molecule has 0 aromatic carbocycles. The zero-order valence-electron chi connectivity index (χ0n) is 30.9. The molecule has 1 aliphatic rings. The minimum Gasteiger partial charge on any atom is -0.383 e. The summed E-state index contributed by atoms with van der Waals surface area (Å²) in [7, 11) is 0. The monoisotopic (exact) mass is 744 g/mol. The number of rotatable bonds is 24. The van der Waals surface area contributed by atoms with E-state index >= 15 is 0 Å². The van der Waals surface area contributed by atoms with E-state index in [1.165, 1.54) is 6.33 Å². The fourth-order valence-electron chi connectivity index (χ4n) is 6.27. The van der Waals surface area contributed by atoms with Crippen molar-refractivity contribution in [1.29, 1.82) is 0 Å². The third-order valence-corrected chi connectivity index (χ3v) is 9.33. The lowest BCUT2D eigenvalue weighted by atomic mass is 10.1. The van der Waals surface area contributed by atoms with E-state index in [1.807, 2.05) is 23.0 Å². The van der Waals surface area contributed by atoms with E-state index in [4.69, 9.17) is 35.5 Å². The molecule has 5 aromatic heterocycles. The number of hydrogen-bond acceptors (Lipinski definition) is 15. The van der Waals surface area contributed by atoms with Gasteiger partial charge in [-0.05, 0) is 25.0 Å². The fraction of sp³-hybridized carbons (Fsp3) is 0.541. The van der Waals surface area contributed by atoms with Crippen LogP contribution in [0.15, 0.2) is 43.2 Å². The summed E-state index contributed by atoms with van der Waals surface area (Å²) >= 11 is 0. The molecule has 290 valence electrons. The van der Waals surface area contributed by atoms with Crippen LogP contribution in [0.5, 0.6) is 0 Å². The second-order valence-electron chi connectivity index (χ2n) is 13.1. The van der Waals surface area contributed by atoms with Crippen molar-refractivity contribution < 1.29 is 23.7 Å². The highest BCUT2D eigenvalue weighted by Crippen LogP contribution is 2.31. The molecule has 0 aliphatic carbocycles. The number of unbranched alkanes of at least 4 members (excludes halogenated alkanes) is 2. The van der Waals surface area contributed by atoms with Crippen LogP contribution in [0.4, 0.5) is 11.8 Å². The van der Waals surface area contributed by atoms with Crippen molar-refractivity contribution in [3.63, 3.8) is 0 Å². The molecule has 0 saturated carbocycles. The van der Waals surface area contributed by atoms with E-state index in [0.29, 0.717) is 95.9 Å². The smallest absolute Gasteiger partial charge is 0.225 e. The van der Waals surface area contributed by atoms with Gasteiger partial charge in [0.1, 0.15) is 29.3 Å². The molecule has 0 radical (unpaired) electrons. The summed E-state index contributed by atoms with van der Waals surface area (Å²) in [5.74, 6) is 1.35. The first kappa shape index (κ1) is 39.1. The number of nitrogens with one attached hydrogen (secondary N) is 1. The SMILES string of the molecule is NCc1cnc(N2CCN(CCOCCOCCOCCOCCC(=O)CCCCCn3nc(-c4cnc5[nH]ccc5c4)c4c(N)ncnc43)CC2)nc1. The summed E-state index contributed by atoms with van der Waals surface area (Å²) < 4.78 is 24.4. The molecule has 6 heterocycles. The maximum atomic E-state index is 12.4. The molecule has 5 N–H and O–H groups in total. The quantitative estimate of drug-likeness (QED) is 0.0776. The number of aryl methyl sites for hydroxylation is 1. The number of nitrogens with two attached hydrogens (primary N) is 2. The Morgan fingerprint density at radius 2 is 1.50 bits per heavy atom. The Morgan fingerprint density at radius 1 is 0.778 bits per heavy atom. The van der Waals surface area contributed by atoms with Gasteiger partial charge in [0, 0.05) is 100.0 Å². The standard InChI is InChI=1S/C37H52N12O5/c38-23-28-24-42-37(43-25-28)48-11-9-47(10-12-48)13-15-52-17-19-54-21-20-53-18-16-51-14-6-31(50)4-2-1-3-8-49-36-32(34(39)44-27-45-36)33(46-49)30-22-29-5-7-40-35(29)41-26-30/h5,7,22,24-27H,1-4,6,8-21,23,38H2,(H,40,41)(H2,39,44,45). The Balaban J connectivity index is 0.729. The van der Waals surface area contributed by atoms with E-state index in [2.05, 4.69) is 39.7 Å². The number of Topliss-reactive ketones (excluding diaryl/α,β-unsaturated/α-hetero) is 1. The topological polar surface area (TPSA) is 211 Å². The zero-order valence-corrected chi connectivity index (χ0v) is 30.9.